The summed E-state index contributed by atoms with van der Waals surface area (Å²) in [6.07, 6.45) is 15.5. The maximum atomic E-state index is 12.4. The lowest BCUT2D eigenvalue weighted by Gasteiger charge is -2.17. The molecular formula is C52H91N7O19. The van der Waals surface area contributed by atoms with Crippen molar-refractivity contribution in [2.45, 2.75) is 192 Å². The number of nitrogens with one attached hydrogen (secondary N) is 6. The molecule has 0 heterocycles. The average molecular weight is 1120 g/mol. The molecule has 0 aromatic carbocycles. The van der Waals surface area contributed by atoms with Gasteiger partial charge in [0.15, 0.2) is 0 Å². The number of hydrogen-bond acceptors (Lipinski definition) is 16. The summed E-state index contributed by atoms with van der Waals surface area (Å²) in [5.74, 6) is -8.08. The zero-order valence-corrected chi connectivity index (χ0v) is 45.8. The summed E-state index contributed by atoms with van der Waals surface area (Å²) in [5.41, 5.74) is 5.67. The minimum atomic E-state index is -1.48. The van der Waals surface area contributed by atoms with Crippen molar-refractivity contribution in [2.75, 3.05) is 72.5 Å². The molecule has 78 heavy (non-hydrogen) atoms. The summed E-state index contributed by atoms with van der Waals surface area (Å²) >= 11 is 0. The number of aliphatic carboxylic acids is 4. The highest BCUT2D eigenvalue weighted by atomic mass is 16.5. The van der Waals surface area contributed by atoms with Crippen molar-refractivity contribution in [1.82, 2.24) is 31.9 Å². The van der Waals surface area contributed by atoms with Crippen LogP contribution in [0, 0.1) is 0 Å². The second kappa shape index (κ2) is 48.3. The first kappa shape index (κ1) is 72.2. The van der Waals surface area contributed by atoms with Gasteiger partial charge in [-0.15, -0.1) is 0 Å². The number of carbonyl (C=O) groups excluding carboxylic acids is 7. The van der Waals surface area contributed by atoms with Crippen molar-refractivity contribution in [3.8, 4) is 0 Å². The van der Waals surface area contributed by atoms with E-state index >= 15 is 0 Å². The second-order valence-electron chi connectivity index (χ2n) is 18.9. The zero-order valence-electron chi connectivity index (χ0n) is 45.8. The molecule has 4 atom stereocenters. The average Bonchev–Trinajstić information content (AvgIpc) is 3.38. The van der Waals surface area contributed by atoms with E-state index in [-0.39, 0.29) is 116 Å². The van der Waals surface area contributed by atoms with E-state index in [1.54, 1.807) is 0 Å². The molecule has 0 saturated carbocycles. The van der Waals surface area contributed by atoms with E-state index < -0.39 is 90.6 Å². The quantitative estimate of drug-likeness (QED) is 0.0387. The molecule has 0 saturated heterocycles. The first-order chi connectivity index (χ1) is 37.3. The first-order valence-corrected chi connectivity index (χ1v) is 27.5. The Morgan fingerprint density at radius 2 is 0.705 bits per heavy atom. The second-order valence-corrected chi connectivity index (χ2v) is 18.9. The number of nitrogens with two attached hydrogens (primary N) is 1. The van der Waals surface area contributed by atoms with Crippen molar-refractivity contribution in [2.24, 2.45) is 5.73 Å². The summed E-state index contributed by atoms with van der Waals surface area (Å²) in [6.45, 7) is 1.69. The van der Waals surface area contributed by atoms with Crippen LogP contribution >= 0.6 is 0 Å². The van der Waals surface area contributed by atoms with E-state index in [4.69, 9.17) is 29.8 Å². The number of Topliss-reactive ketones (excluding diaryl/α,β-unsaturated/α-hetero) is 1. The topological polar surface area (TPSA) is 404 Å². The van der Waals surface area contributed by atoms with Crippen molar-refractivity contribution in [3.05, 3.63) is 0 Å². The van der Waals surface area contributed by atoms with Gasteiger partial charge in [-0.2, -0.15) is 0 Å². The van der Waals surface area contributed by atoms with Gasteiger partial charge in [0, 0.05) is 51.7 Å². The highest BCUT2D eigenvalue weighted by Crippen LogP contribution is 2.14. The smallest absolute Gasteiger partial charge is 0.326 e. The number of carboxylic acids is 4. The van der Waals surface area contributed by atoms with Crippen LogP contribution in [-0.4, -0.2) is 182 Å². The SMILES string of the molecule is CC(=O)[C@@H](N)CCCCNC(=O)CC[C@H](NC(=O)CC[C@H](NC(=O)COCCOCCNC(=O)COCCOCCNC(=O)CC[C@H](NC(=O)CCCCCCCCCCCCCCCCC(=O)O)C(=O)O)C(=O)O)C(=O)O. The summed E-state index contributed by atoms with van der Waals surface area (Å²) in [6, 6.07) is -4.63. The summed E-state index contributed by atoms with van der Waals surface area (Å²) < 4.78 is 21.2. The number of unbranched alkanes of at least 4 members (excludes halogenated alkanes) is 14. The third-order valence-corrected chi connectivity index (χ3v) is 12.1. The number of hydrogen-bond donors (Lipinski definition) is 11. The highest BCUT2D eigenvalue weighted by molar-refractivity contribution is 5.87. The van der Waals surface area contributed by atoms with Crippen LogP contribution in [0.1, 0.15) is 167 Å². The molecule has 0 aromatic heterocycles. The Hall–Kier alpha value is -5.83. The van der Waals surface area contributed by atoms with E-state index in [1.165, 1.54) is 39.0 Å². The first-order valence-electron chi connectivity index (χ1n) is 27.5. The van der Waals surface area contributed by atoms with Crippen molar-refractivity contribution in [3.63, 3.8) is 0 Å². The molecule has 0 rings (SSSR count). The van der Waals surface area contributed by atoms with Gasteiger partial charge in [-0.3, -0.25) is 38.4 Å². The Morgan fingerprint density at radius 3 is 1.13 bits per heavy atom. The molecule has 0 radical (unpaired) electrons. The van der Waals surface area contributed by atoms with E-state index in [0.717, 1.165) is 51.4 Å². The van der Waals surface area contributed by atoms with Gasteiger partial charge in [-0.05, 0) is 58.3 Å². The molecule has 0 aromatic rings. The lowest BCUT2D eigenvalue weighted by atomic mass is 10.0. The molecule has 0 aliphatic heterocycles. The third kappa shape index (κ3) is 45.2. The number of ketones is 1. The fourth-order valence-electron chi connectivity index (χ4n) is 7.49. The molecule has 448 valence electrons. The van der Waals surface area contributed by atoms with Crippen LogP contribution in [0.25, 0.3) is 0 Å². The Balaban J connectivity index is 3.95. The number of ether oxygens (including phenoxy) is 4. The monoisotopic (exact) mass is 1120 g/mol. The van der Waals surface area contributed by atoms with Gasteiger partial charge in [0.1, 0.15) is 37.1 Å². The molecular weight excluding hydrogens is 1030 g/mol. The molecule has 6 amide bonds. The molecule has 0 spiro atoms. The lowest BCUT2D eigenvalue weighted by molar-refractivity contribution is -0.144. The molecule has 12 N–H and O–H groups in total. The van der Waals surface area contributed by atoms with Crippen LogP contribution in [-0.2, 0) is 71.7 Å². The Labute approximate surface area is 457 Å². The molecule has 26 heteroatoms. The molecule has 26 nitrogen and oxygen atoms in total. The zero-order chi connectivity index (χ0) is 58.2. The normalized spacial score (nSPS) is 12.5. The number of carbonyl (C=O) groups is 11. The molecule has 0 aliphatic carbocycles. The Morgan fingerprint density at radius 1 is 0.359 bits per heavy atom. The van der Waals surface area contributed by atoms with Gasteiger partial charge in [0.05, 0.1) is 45.7 Å². The van der Waals surface area contributed by atoms with Crippen LogP contribution in [0.3, 0.4) is 0 Å². The third-order valence-electron chi connectivity index (χ3n) is 12.1. The number of carboxylic acid groups (broad SMARTS) is 4. The van der Waals surface area contributed by atoms with Gasteiger partial charge >= 0.3 is 23.9 Å². The predicted octanol–water partition coefficient (Wildman–Crippen LogP) is 1.86. The van der Waals surface area contributed by atoms with E-state index in [1.807, 2.05) is 0 Å². The minimum absolute atomic E-state index is 0.0394. The summed E-state index contributed by atoms with van der Waals surface area (Å²) in [4.78, 5) is 130. The predicted molar refractivity (Wildman–Crippen MR) is 283 cm³/mol. The fraction of sp³-hybridized carbons (Fsp3) is 0.788. The van der Waals surface area contributed by atoms with Crippen LogP contribution in [0.5, 0.6) is 0 Å². The standard InChI is InChI=1S/C52H91N7O19/c1-38(60)39(53)18-16-17-27-54-43(61)24-21-41(51(71)72)58-46(64)26-23-42(52(73)74)59-48(66)37-78-35-33-76-31-29-56-47(65)36-77-34-32-75-30-28-55-44(62)25-22-40(50(69)70)57-45(63)19-14-12-10-8-6-4-2-3-5-7-9-11-13-15-20-49(67)68/h39-42H,2-37,53H2,1H3,(H,54,61)(H,55,62)(H,56,65)(H,57,63)(H,58,64)(H,59,66)(H,67,68)(H,69,70)(H,71,72)(H,73,74)/t39-,40-,41-,42-/m0/s1. The van der Waals surface area contributed by atoms with Crippen LogP contribution in [0.4, 0.5) is 0 Å². The van der Waals surface area contributed by atoms with E-state index in [0.29, 0.717) is 32.2 Å². The van der Waals surface area contributed by atoms with Crippen LogP contribution in [0.2, 0.25) is 0 Å². The van der Waals surface area contributed by atoms with Gasteiger partial charge < -0.3 is 77.0 Å². The van der Waals surface area contributed by atoms with Crippen molar-refractivity contribution < 1.29 is 92.1 Å². The van der Waals surface area contributed by atoms with Crippen LogP contribution < -0.4 is 37.6 Å². The molecule has 0 aliphatic rings. The Bertz CT molecular complexity index is 1770. The van der Waals surface area contributed by atoms with E-state index in [2.05, 4.69) is 31.9 Å². The molecule has 0 unspecified atom stereocenters. The lowest BCUT2D eigenvalue weighted by Crippen LogP contribution is -2.45. The maximum Gasteiger partial charge on any atom is 0.326 e. The van der Waals surface area contributed by atoms with Gasteiger partial charge in [-0.1, -0.05) is 77.0 Å². The highest BCUT2D eigenvalue weighted by Gasteiger charge is 2.25. The molecule has 0 bridgehead atoms. The number of amides is 6. The largest absolute Gasteiger partial charge is 0.481 e. The maximum absolute atomic E-state index is 12.4. The van der Waals surface area contributed by atoms with Gasteiger partial charge in [0.25, 0.3) is 0 Å². The fourth-order valence-corrected chi connectivity index (χ4v) is 7.49. The van der Waals surface area contributed by atoms with Crippen molar-refractivity contribution in [1.29, 1.82) is 0 Å². The van der Waals surface area contributed by atoms with E-state index in [9.17, 15) is 68.1 Å². The van der Waals surface area contributed by atoms with Crippen molar-refractivity contribution >= 4 is 65.1 Å². The molecule has 0 fully saturated rings. The van der Waals surface area contributed by atoms with Gasteiger partial charge in [0.2, 0.25) is 35.4 Å². The Kier molecular flexibility index (Phi) is 44.7. The van der Waals surface area contributed by atoms with Gasteiger partial charge in [-0.25, -0.2) is 14.4 Å². The van der Waals surface area contributed by atoms with Crippen LogP contribution in [0.15, 0.2) is 0 Å². The number of rotatable bonds is 54. The minimum Gasteiger partial charge on any atom is -0.481 e. The summed E-state index contributed by atoms with van der Waals surface area (Å²) in [5, 5.41) is 52.1. The summed E-state index contributed by atoms with van der Waals surface area (Å²) in [7, 11) is 0.